The first-order chi connectivity index (χ1) is 11.3. The molecule has 0 atom stereocenters. The third-order valence-corrected chi connectivity index (χ3v) is 5.98. The number of nitrogens with zero attached hydrogens (tertiary/aromatic N) is 2. The quantitative estimate of drug-likeness (QED) is 0.811. The molecule has 0 unspecified atom stereocenters. The number of halogens is 1. The molecule has 1 N–H and O–H groups in total. The first-order valence-corrected chi connectivity index (χ1v) is 9.49. The summed E-state index contributed by atoms with van der Waals surface area (Å²) < 4.78 is 38.7. The minimum atomic E-state index is -3.68. The van der Waals surface area contributed by atoms with E-state index in [1.807, 2.05) is 6.92 Å². The third kappa shape index (κ3) is 4.83. The Morgan fingerprint density at radius 1 is 1.33 bits per heavy atom. The molecule has 0 radical (unpaired) electrons. The lowest BCUT2D eigenvalue weighted by Crippen LogP contribution is -2.28. The second-order valence-electron chi connectivity index (χ2n) is 5.18. The van der Waals surface area contributed by atoms with Gasteiger partial charge in [0.1, 0.15) is 10.8 Å². The number of sulfonamides is 1. The lowest BCUT2D eigenvalue weighted by atomic mass is 10.3. The van der Waals surface area contributed by atoms with Gasteiger partial charge < -0.3 is 5.32 Å². The number of carbonyl (C=O) groups excluding carboxylic acids is 1. The molecule has 6 nitrogen and oxygen atoms in total. The lowest BCUT2D eigenvalue weighted by molar-refractivity contribution is -0.116. The summed E-state index contributed by atoms with van der Waals surface area (Å²) in [5.41, 5.74) is 0. The van der Waals surface area contributed by atoms with E-state index in [2.05, 4.69) is 10.3 Å². The SMILES string of the molecule is Cc1ncc(NC(=O)CCCN(C)S(=O)(=O)c2ccc(F)cc2)s1. The molecule has 0 saturated carbocycles. The van der Waals surface area contributed by atoms with Gasteiger partial charge in [-0.2, -0.15) is 0 Å². The zero-order chi connectivity index (χ0) is 17.7. The van der Waals surface area contributed by atoms with Crippen molar-refractivity contribution in [2.24, 2.45) is 0 Å². The Balaban J connectivity index is 1.84. The van der Waals surface area contributed by atoms with E-state index in [0.29, 0.717) is 11.4 Å². The van der Waals surface area contributed by atoms with Crippen LogP contribution in [0, 0.1) is 12.7 Å². The van der Waals surface area contributed by atoms with Gasteiger partial charge in [-0.1, -0.05) is 0 Å². The molecule has 1 aromatic heterocycles. The number of anilines is 1. The molecule has 0 aliphatic heterocycles. The highest BCUT2D eigenvalue weighted by Gasteiger charge is 2.20. The van der Waals surface area contributed by atoms with Crippen LogP contribution >= 0.6 is 11.3 Å². The molecule has 1 aromatic carbocycles. The second kappa shape index (κ2) is 7.82. The van der Waals surface area contributed by atoms with Crippen molar-refractivity contribution in [3.05, 3.63) is 41.3 Å². The smallest absolute Gasteiger partial charge is 0.242 e. The van der Waals surface area contributed by atoms with Crippen molar-refractivity contribution in [1.82, 2.24) is 9.29 Å². The third-order valence-electron chi connectivity index (χ3n) is 3.28. The van der Waals surface area contributed by atoms with Crippen LogP contribution in [0.3, 0.4) is 0 Å². The monoisotopic (exact) mass is 371 g/mol. The van der Waals surface area contributed by atoms with E-state index in [1.54, 1.807) is 6.20 Å². The summed E-state index contributed by atoms with van der Waals surface area (Å²) in [6, 6.07) is 4.65. The molecule has 0 saturated heterocycles. The van der Waals surface area contributed by atoms with Crippen molar-refractivity contribution < 1.29 is 17.6 Å². The lowest BCUT2D eigenvalue weighted by Gasteiger charge is -2.17. The Bertz CT molecular complexity index is 804. The van der Waals surface area contributed by atoms with Crippen LogP contribution < -0.4 is 5.32 Å². The number of hydrogen-bond acceptors (Lipinski definition) is 5. The molecule has 2 aromatic rings. The van der Waals surface area contributed by atoms with E-state index < -0.39 is 15.8 Å². The zero-order valence-electron chi connectivity index (χ0n) is 13.3. The molecule has 0 spiro atoms. The summed E-state index contributed by atoms with van der Waals surface area (Å²) in [5, 5.41) is 4.25. The summed E-state index contributed by atoms with van der Waals surface area (Å²) in [7, 11) is -2.25. The van der Waals surface area contributed by atoms with E-state index >= 15 is 0 Å². The van der Waals surface area contributed by atoms with E-state index in [9.17, 15) is 17.6 Å². The number of aryl methyl sites for hydroxylation is 1. The van der Waals surface area contributed by atoms with Gasteiger partial charge >= 0.3 is 0 Å². The van der Waals surface area contributed by atoms with Gasteiger partial charge in [0.05, 0.1) is 16.1 Å². The zero-order valence-corrected chi connectivity index (χ0v) is 15.0. The van der Waals surface area contributed by atoms with Crippen LogP contribution in [0.25, 0.3) is 0 Å². The molecule has 24 heavy (non-hydrogen) atoms. The first-order valence-electron chi connectivity index (χ1n) is 7.23. The molecule has 2 rings (SSSR count). The van der Waals surface area contributed by atoms with Crippen molar-refractivity contribution in [2.75, 3.05) is 18.9 Å². The standard InChI is InChI=1S/C15H18FN3O3S2/c1-11-17-10-15(23-11)18-14(20)4-3-9-19(2)24(21,22)13-7-5-12(16)6-8-13/h5-8,10H,3-4,9H2,1-2H3,(H,18,20). The fourth-order valence-corrected chi connectivity index (χ4v) is 3.89. The average Bonchev–Trinajstić information content (AvgIpc) is 2.92. The van der Waals surface area contributed by atoms with Gasteiger partial charge in [0, 0.05) is 20.0 Å². The molecule has 1 heterocycles. The second-order valence-corrected chi connectivity index (χ2v) is 8.46. The summed E-state index contributed by atoms with van der Waals surface area (Å²) >= 11 is 1.38. The Morgan fingerprint density at radius 3 is 2.58 bits per heavy atom. The summed E-state index contributed by atoms with van der Waals surface area (Å²) in [4.78, 5) is 15.9. The molecule has 0 fully saturated rings. The number of nitrogens with one attached hydrogen (secondary N) is 1. The van der Waals surface area contributed by atoms with Crippen molar-refractivity contribution >= 4 is 32.3 Å². The van der Waals surface area contributed by atoms with Crippen LogP contribution in [0.2, 0.25) is 0 Å². The number of thiazole rings is 1. The van der Waals surface area contributed by atoms with E-state index in [4.69, 9.17) is 0 Å². The highest BCUT2D eigenvalue weighted by atomic mass is 32.2. The Labute approximate surface area is 144 Å². The molecular weight excluding hydrogens is 353 g/mol. The number of hydrogen-bond donors (Lipinski definition) is 1. The first kappa shape index (κ1) is 18.5. The minimum absolute atomic E-state index is 0.0241. The minimum Gasteiger partial charge on any atom is -0.316 e. The fraction of sp³-hybridized carbons (Fsp3) is 0.333. The Hall–Kier alpha value is -1.84. The maximum Gasteiger partial charge on any atom is 0.242 e. The molecular formula is C15H18FN3O3S2. The number of rotatable bonds is 7. The van der Waals surface area contributed by atoms with E-state index in [1.165, 1.54) is 30.5 Å². The van der Waals surface area contributed by atoms with Crippen LogP contribution in [0.1, 0.15) is 17.8 Å². The molecule has 0 bridgehead atoms. The van der Waals surface area contributed by atoms with Gasteiger partial charge in [-0.05, 0) is 37.6 Å². The number of carbonyl (C=O) groups is 1. The van der Waals surface area contributed by atoms with Gasteiger partial charge in [-0.25, -0.2) is 22.1 Å². The fourth-order valence-electron chi connectivity index (χ4n) is 1.99. The van der Waals surface area contributed by atoms with Gasteiger partial charge in [-0.3, -0.25) is 4.79 Å². The van der Waals surface area contributed by atoms with E-state index in [-0.39, 0.29) is 23.8 Å². The van der Waals surface area contributed by atoms with Crippen molar-refractivity contribution in [3.8, 4) is 0 Å². The molecule has 9 heteroatoms. The van der Waals surface area contributed by atoms with Crippen molar-refractivity contribution in [3.63, 3.8) is 0 Å². The molecule has 0 aliphatic rings. The topological polar surface area (TPSA) is 79.4 Å². The molecule has 130 valence electrons. The summed E-state index contributed by atoms with van der Waals surface area (Å²) in [6.07, 6.45) is 2.16. The molecule has 1 amide bonds. The predicted molar refractivity (Wildman–Crippen MR) is 90.9 cm³/mol. The van der Waals surface area contributed by atoms with Gasteiger partial charge in [-0.15, -0.1) is 11.3 Å². The molecule has 0 aliphatic carbocycles. The van der Waals surface area contributed by atoms with Crippen LogP contribution in [0.15, 0.2) is 35.4 Å². The van der Waals surface area contributed by atoms with E-state index in [0.717, 1.165) is 21.4 Å². The van der Waals surface area contributed by atoms with Crippen molar-refractivity contribution in [2.45, 2.75) is 24.7 Å². The highest BCUT2D eigenvalue weighted by Crippen LogP contribution is 2.18. The maximum atomic E-state index is 12.9. The highest BCUT2D eigenvalue weighted by molar-refractivity contribution is 7.89. The predicted octanol–water partition coefficient (Wildman–Crippen LogP) is 2.63. The Kier molecular flexibility index (Phi) is 6.03. The van der Waals surface area contributed by atoms with Gasteiger partial charge in [0.15, 0.2) is 0 Å². The number of benzene rings is 1. The van der Waals surface area contributed by atoms with Crippen LogP contribution in [0.4, 0.5) is 9.39 Å². The van der Waals surface area contributed by atoms with Crippen LogP contribution in [-0.4, -0.2) is 37.2 Å². The normalized spacial score (nSPS) is 11.7. The maximum absolute atomic E-state index is 12.9. The number of aromatic nitrogens is 1. The van der Waals surface area contributed by atoms with Crippen LogP contribution in [-0.2, 0) is 14.8 Å². The van der Waals surface area contributed by atoms with Crippen LogP contribution in [0.5, 0.6) is 0 Å². The van der Waals surface area contributed by atoms with Gasteiger partial charge in [0.25, 0.3) is 0 Å². The Morgan fingerprint density at radius 2 is 2.00 bits per heavy atom. The largest absolute Gasteiger partial charge is 0.316 e. The number of amides is 1. The average molecular weight is 371 g/mol. The summed E-state index contributed by atoms with van der Waals surface area (Å²) in [5.74, 6) is -0.683. The van der Waals surface area contributed by atoms with Gasteiger partial charge in [0.2, 0.25) is 15.9 Å². The summed E-state index contributed by atoms with van der Waals surface area (Å²) in [6.45, 7) is 2.03. The van der Waals surface area contributed by atoms with Crippen molar-refractivity contribution in [1.29, 1.82) is 0 Å².